The van der Waals surface area contributed by atoms with E-state index in [1.54, 1.807) is 28.3 Å². The number of anilines is 1. The monoisotopic (exact) mass is 993 g/mol. The fourth-order valence-electron chi connectivity index (χ4n) is 10.7. The molecular weight excluding hydrogens is 932 g/mol. The highest BCUT2D eigenvalue weighted by molar-refractivity contribution is 7.95. The van der Waals surface area contributed by atoms with E-state index >= 15 is 0 Å². The summed E-state index contributed by atoms with van der Waals surface area (Å²) in [4.78, 5) is 67.4. The number of aliphatic hydroxyl groups is 4. The number of hydrogen-bond donors (Lipinski definition) is 8. The maximum absolute atomic E-state index is 14.3. The molecule has 6 atom stereocenters. The summed E-state index contributed by atoms with van der Waals surface area (Å²) < 4.78 is 16.5. The average Bonchev–Trinajstić information content (AvgIpc) is 3.36. The van der Waals surface area contributed by atoms with Crippen molar-refractivity contribution in [2.75, 3.05) is 53.4 Å². The highest BCUT2D eigenvalue weighted by atomic mass is 31.2. The van der Waals surface area contributed by atoms with Gasteiger partial charge in [-0.2, -0.15) is 0 Å². The third kappa shape index (κ3) is 9.46. The molecule has 4 aromatic rings. The largest absolute Gasteiger partial charge is 0.508 e. The number of nitrogens with one attached hydrogen (secondary N) is 2. The minimum absolute atomic E-state index is 0.173. The molecule has 71 heavy (non-hydrogen) atoms. The first-order chi connectivity index (χ1) is 33.9. The summed E-state index contributed by atoms with van der Waals surface area (Å²) in [5.74, 6) is -9.02. The van der Waals surface area contributed by atoms with Crippen LogP contribution in [0.4, 0.5) is 5.69 Å². The second-order valence-electron chi connectivity index (χ2n) is 18.4. The lowest BCUT2D eigenvalue weighted by molar-refractivity contribution is -0.169. The number of nitrogens with two attached hydrogens (primary N) is 1. The van der Waals surface area contributed by atoms with Crippen molar-refractivity contribution in [1.82, 2.24) is 10.2 Å². The van der Waals surface area contributed by atoms with Gasteiger partial charge in [0.05, 0.1) is 63.4 Å². The van der Waals surface area contributed by atoms with Crippen molar-refractivity contribution in [3.8, 4) is 23.0 Å². The number of rotatable bonds is 19. The molecule has 9 N–H and O–H groups in total. The van der Waals surface area contributed by atoms with E-state index in [1.165, 1.54) is 47.0 Å². The number of benzene rings is 4. The number of nitrogens with zero attached hydrogens (tertiary/aromatic N) is 1. The molecule has 1 saturated carbocycles. The minimum Gasteiger partial charge on any atom is -0.508 e. The predicted octanol–water partition coefficient (Wildman–Crippen LogP) is 3.91. The van der Waals surface area contributed by atoms with Gasteiger partial charge in [-0.25, -0.2) is 0 Å². The molecule has 1 fully saturated rings. The minimum atomic E-state index is -3.06. The van der Waals surface area contributed by atoms with Crippen LogP contribution in [0.3, 0.4) is 0 Å². The Morgan fingerprint density at radius 2 is 1.25 bits per heavy atom. The standard InChI is InChI=1S/C53H61N4O13P/c1-29-36-25-26-37(46(60)41(36)47(61)42-40(29)48(62)44-45(57(2)3)49(63)43(52(54)66)51(65)53(44,67)50(42)64)56-39(59)28-55-38(58)12-10-8-7-9-11-27-71(33-19-13-30(68-4)14-20-33,34-21-15-31(69-5)16-22-34)35-23-17-32(70-6)18-24-35/h13-26,29,40,44-45,48,62,67H,7-12,27-28H2,1-6H3,(H6-,54,55,56,58,59,60,61,63,64,65,66)/p+1/t29-,40+,44+,45-,48-,53-/m0/s1. The van der Waals surface area contributed by atoms with E-state index in [-0.39, 0.29) is 29.1 Å². The van der Waals surface area contributed by atoms with Crippen LogP contribution in [-0.2, 0) is 24.0 Å². The van der Waals surface area contributed by atoms with Gasteiger partial charge in [-0.15, -0.1) is 0 Å². The Morgan fingerprint density at radius 3 is 1.75 bits per heavy atom. The van der Waals surface area contributed by atoms with Gasteiger partial charge in [0.15, 0.2) is 11.4 Å². The summed E-state index contributed by atoms with van der Waals surface area (Å²) in [5.41, 5.74) is 0.582. The number of amides is 3. The number of carbonyl (C=O) groups is 5. The van der Waals surface area contributed by atoms with Gasteiger partial charge in [-0.05, 0) is 124 Å². The number of aliphatic hydroxyl groups excluding tert-OH is 3. The van der Waals surface area contributed by atoms with Crippen LogP contribution in [0.25, 0.3) is 5.76 Å². The summed E-state index contributed by atoms with van der Waals surface area (Å²) in [7, 11) is 5.64. The lowest BCUT2D eigenvalue weighted by Gasteiger charge is -2.53. The Kier molecular flexibility index (Phi) is 15.6. The number of primary amides is 1. The first kappa shape index (κ1) is 52.1. The van der Waals surface area contributed by atoms with Crippen molar-refractivity contribution in [3.63, 3.8) is 0 Å². The fourth-order valence-corrected chi connectivity index (χ4v) is 15.0. The molecule has 0 aliphatic heterocycles. The number of ketones is 2. The van der Waals surface area contributed by atoms with E-state index in [2.05, 4.69) is 47.0 Å². The smallest absolute Gasteiger partial charge is 0.255 e. The molecule has 4 aromatic carbocycles. The first-order valence-corrected chi connectivity index (χ1v) is 25.4. The third-order valence-electron chi connectivity index (χ3n) is 14.3. The number of Topliss-reactive ketones (excluding diaryl/α,β-unsaturated/α-hetero) is 2. The Labute approximate surface area is 412 Å². The molecule has 376 valence electrons. The van der Waals surface area contributed by atoms with Crippen LogP contribution in [-0.4, -0.2) is 126 Å². The van der Waals surface area contributed by atoms with Gasteiger partial charge in [0, 0.05) is 17.9 Å². The maximum Gasteiger partial charge on any atom is 0.255 e. The van der Waals surface area contributed by atoms with Crippen LogP contribution in [0.1, 0.15) is 62.5 Å². The van der Waals surface area contributed by atoms with Crippen LogP contribution in [0.2, 0.25) is 0 Å². The average molecular weight is 994 g/mol. The van der Waals surface area contributed by atoms with Gasteiger partial charge in [0.2, 0.25) is 17.6 Å². The van der Waals surface area contributed by atoms with Crippen LogP contribution >= 0.6 is 7.26 Å². The van der Waals surface area contributed by atoms with E-state index in [1.807, 2.05) is 36.4 Å². The number of ether oxygens (including phenoxy) is 3. The van der Waals surface area contributed by atoms with E-state index in [4.69, 9.17) is 19.9 Å². The number of methoxy groups -OCH3 is 3. The SMILES string of the molecule is COc1ccc([P+](CCCCCCCC(=O)NCC(=O)Nc2ccc3c(c2O)C(O)=C2C(=O)[C@]4(O)C(O)=C(C(N)=O)C(=O)[C@@H](N(C)C)[C@@H]4[C@@H](O)[C@@H]2[C@H]3C)(c2ccc(OC)cc2)c2ccc(OC)cc2)cc1. The first-order valence-electron chi connectivity index (χ1n) is 23.4. The highest BCUT2D eigenvalue weighted by Gasteiger charge is 2.68. The lowest BCUT2D eigenvalue weighted by atomic mass is 9.54. The zero-order valence-corrected chi connectivity index (χ0v) is 41.5. The molecule has 0 radical (unpaired) electrons. The van der Waals surface area contributed by atoms with Gasteiger partial charge in [-0.3, -0.25) is 28.9 Å². The van der Waals surface area contributed by atoms with Crippen LogP contribution in [0, 0.1) is 11.8 Å². The van der Waals surface area contributed by atoms with E-state index in [0.717, 1.165) is 49.1 Å². The van der Waals surface area contributed by atoms with Crippen LogP contribution in [0.5, 0.6) is 23.0 Å². The van der Waals surface area contributed by atoms with Crippen molar-refractivity contribution in [2.45, 2.75) is 69.1 Å². The zero-order valence-electron chi connectivity index (χ0n) is 40.6. The Hall–Kier alpha value is -6.78. The van der Waals surface area contributed by atoms with Gasteiger partial charge >= 0.3 is 0 Å². The number of phenols is 1. The number of phenolic OH excluding ortho intramolecular Hbond substituents is 1. The molecule has 0 unspecified atom stereocenters. The lowest BCUT2D eigenvalue weighted by Crippen LogP contribution is -2.70. The summed E-state index contributed by atoms with van der Waals surface area (Å²) in [6.45, 7) is 1.17. The van der Waals surface area contributed by atoms with Crippen molar-refractivity contribution < 1.29 is 63.7 Å². The molecule has 17 nitrogen and oxygen atoms in total. The normalized spacial score (nSPS) is 21.8. The maximum atomic E-state index is 14.3. The quantitative estimate of drug-likeness (QED) is 0.0287. The molecule has 0 heterocycles. The van der Waals surface area contributed by atoms with Crippen LogP contribution in [0.15, 0.2) is 102 Å². The molecular formula is C53H62N4O13P+. The van der Waals surface area contributed by atoms with E-state index in [0.29, 0.717) is 6.42 Å². The highest BCUT2D eigenvalue weighted by Crippen LogP contribution is 2.58. The Balaban J connectivity index is 0.972. The molecule has 0 spiro atoms. The molecule has 3 aliphatic rings. The topological polar surface area (TPSA) is 268 Å². The van der Waals surface area contributed by atoms with E-state index in [9.17, 15) is 49.5 Å². The second kappa shape index (κ2) is 21.3. The summed E-state index contributed by atoms with van der Waals surface area (Å²) in [5, 5.41) is 66.9. The van der Waals surface area contributed by atoms with E-state index < -0.39 is 101 Å². The number of unbranched alkanes of at least 4 members (excludes halogenated alkanes) is 4. The number of hydrogen-bond acceptors (Lipinski definition) is 14. The molecule has 18 heteroatoms. The molecule has 3 aliphatic carbocycles. The summed E-state index contributed by atoms with van der Waals surface area (Å²) in [6.07, 6.45) is 3.44. The fraction of sp³-hybridized carbons (Fsp3) is 0.377. The Morgan fingerprint density at radius 1 is 0.746 bits per heavy atom. The number of carbonyl (C=O) groups excluding carboxylic acids is 5. The van der Waals surface area contributed by atoms with Crippen molar-refractivity contribution >= 4 is 63.9 Å². The van der Waals surface area contributed by atoms with Crippen molar-refractivity contribution in [1.29, 1.82) is 0 Å². The van der Waals surface area contributed by atoms with Crippen molar-refractivity contribution in [3.05, 3.63) is 113 Å². The third-order valence-corrected chi connectivity index (χ3v) is 18.8. The molecule has 3 amide bonds. The number of fused-ring (bicyclic) bond motifs is 3. The van der Waals surface area contributed by atoms with Gasteiger partial charge < -0.3 is 56.1 Å². The zero-order chi connectivity index (χ0) is 51.5. The summed E-state index contributed by atoms with van der Waals surface area (Å²) in [6, 6.07) is 26.3. The molecule has 0 aromatic heterocycles. The molecule has 0 saturated heterocycles. The molecule has 0 bridgehead atoms. The van der Waals surface area contributed by atoms with Crippen LogP contribution < -0.4 is 46.5 Å². The van der Waals surface area contributed by atoms with Gasteiger partial charge in [0.1, 0.15) is 63.3 Å². The van der Waals surface area contributed by atoms with Crippen molar-refractivity contribution in [2.24, 2.45) is 17.6 Å². The Bertz CT molecular complexity index is 2640. The van der Waals surface area contributed by atoms with Gasteiger partial charge in [0.25, 0.3) is 5.91 Å². The van der Waals surface area contributed by atoms with Gasteiger partial charge in [-0.1, -0.05) is 25.8 Å². The number of aromatic hydroxyl groups is 1. The second-order valence-corrected chi connectivity index (χ2v) is 22.1. The number of likely N-dealkylation sites (N-methyl/N-ethyl adjacent to an activating group) is 1. The molecule has 7 rings (SSSR count). The predicted molar refractivity (Wildman–Crippen MR) is 269 cm³/mol. The summed E-state index contributed by atoms with van der Waals surface area (Å²) >= 11 is 0.